The van der Waals surface area contributed by atoms with E-state index in [-0.39, 0.29) is 18.1 Å². The standard InChI is InChI=1S/C7H13NO2/c1-5-3-4-6(10-5)7(9)8-2/h5-6H,3-4H2,1-2H3,(H,8,9). The van der Waals surface area contributed by atoms with Gasteiger partial charge in [0.05, 0.1) is 6.10 Å². The Kier molecular flexibility index (Phi) is 2.27. The van der Waals surface area contributed by atoms with Crippen molar-refractivity contribution >= 4 is 5.91 Å². The summed E-state index contributed by atoms with van der Waals surface area (Å²) in [6.45, 7) is 1.99. The minimum Gasteiger partial charge on any atom is -0.365 e. The smallest absolute Gasteiger partial charge is 0.248 e. The lowest BCUT2D eigenvalue weighted by atomic mass is 10.2. The van der Waals surface area contributed by atoms with Gasteiger partial charge in [-0.3, -0.25) is 4.79 Å². The lowest BCUT2D eigenvalue weighted by Crippen LogP contribution is -2.31. The Morgan fingerprint density at radius 3 is 2.70 bits per heavy atom. The van der Waals surface area contributed by atoms with Gasteiger partial charge >= 0.3 is 0 Å². The van der Waals surface area contributed by atoms with Gasteiger partial charge in [0.2, 0.25) is 5.91 Å². The molecule has 1 saturated heterocycles. The van der Waals surface area contributed by atoms with Gasteiger partial charge in [-0.2, -0.15) is 0 Å². The zero-order chi connectivity index (χ0) is 7.56. The number of likely N-dealkylation sites (N-methyl/N-ethyl adjacent to an activating group) is 1. The molecule has 0 spiro atoms. The summed E-state index contributed by atoms with van der Waals surface area (Å²) in [6, 6.07) is 0. The van der Waals surface area contributed by atoms with Gasteiger partial charge in [0.25, 0.3) is 0 Å². The normalized spacial score (nSPS) is 32.2. The minimum atomic E-state index is -0.194. The van der Waals surface area contributed by atoms with E-state index in [4.69, 9.17) is 4.74 Å². The Balaban J connectivity index is 2.37. The summed E-state index contributed by atoms with van der Waals surface area (Å²) in [6.07, 6.45) is 1.92. The maximum absolute atomic E-state index is 10.9. The first-order chi connectivity index (χ1) is 4.74. The van der Waals surface area contributed by atoms with Crippen LogP contribution in [0, 0.1) is 0 Å². The largest absolute Gasteiger partial charge is 0.365 e. The van der Waals surface area contributed by atoms with Gasteiger partial charge < -0.3 is 10.1 Å². The molecule has 0 radical (unpaired) electrons. The Morgan fingerprint density at radius 2 is 2.30 bits per heavy atom. The van der Waals surface area contributed by atoms with E-state index < -0.39 is 0 Å². The quantitative estimate of drug-likeness (QED) is 0.573. The topological polar surface area (TPSA) is 38.3 Å². The molecule has 1 fully saturated rings. The summed E-state index contributed by atoms with van der Waals surface area (Å²) in [5.74, 6) is 0.00403. The molecular weight excluding hydrogens is 130 g/mol. The molecule has 1 heterocycles. The molecule has 1 aliphatic heterocycles. The van der Waals surface area contributed by atoms with Crippen LogP contribution in [0.4, 0.5) is 0 Å². The maximum atomic E-state index is 10.9. The monoisotopic (exact) mass is 143 g/mol. The van der Waals surface area contributed by atoms with Gasteiger partial charge in [0.15, 0.2) is 0 Å². The third-order valence-corrected chi connectivity index (χ3v) is 1.77. The van der Waals surface area contributed by atoms with Crippen molar-refractivity contribution in [1.29, 1.82) is 0 Å². The first-order valence-corrected chi connectivity index (χ1v) is 3.61. The highest BCUT2D eigenvalue weighted by Crippen LogP contribution is 2.18. The van der Waals surface area contributed by atoms with Crippen LogP contribution in [-0.4, -0.2) is 25.2 Å². The number of hydrogen-bond donors (Lipinski definition) is 1. The summed E-state index contributed by atoms with van der Waals surface area (Å²) in [4.78, 5) is 10.9. The lowest BCUT2D eigenvalue weighted by Gasteiger charge is -2.07. The van der Waals surface area contributed by atoms with E-state index in [1.165, 1.54) is 0 Å². The summed E-state index contributed by atoms with van der Waals surface area (Å²) in [5.41, 5.74) is 0. The van der Waals surface area contributed by atoms with E-state index in [1.807, 2.05) is 6.92 Å². The number of carbonyl (C=O) groups excluding carboxylic acids is 1. The average Bonchev–Trinajstić information content (AvgIpc) is 2.34. The molecule has 1 rings (SSSR count). The van der Waals surface area contributed by atoms with Crippen molar-refractivity contribution in [3.8, 4) is 0 Å². The van der Waals surface area contributed by atoms with Gasteiger partial charge in [-0.25, -0.2) is 0 Å². The summed E-state index contributed by atoms with van der Waals surface area (Å²) in [5, 5.41) is 2.56. The lowest BCUT2D eigenvalue weighted by molar-refractivity contribution is -0.131. The average molecular weight is 143 g/mol. The van der Waals surface area contributed by atoms with Gasteiger partial charge in [-0.05, 0) is 19.8 Å². The highest BCUT2D eigenvalue weighted by Gasteiger charge is 2.26. The van der Waals surface area contributed by atoms with Crippen LogP contribution in [0.15, 0.2) is 0 Å². The molecule has 0 aromatic carbocycles. The maximum Gasteiger partial charge on any atom is 0.248 e. The molecule has 3 nitrogen and oxygen atoms in total. The third-order valence-electron chi connectivity index (χ3n) is 1.77. The Hall–Kier alpha value is -0.570. The second-order valence-electron chi connectivity index (χ2n) is 2.63. The minimum absolute atomic E-state index is 0.00403. The van der Waals surface area contributed by atoms with E-state index in [9.17, 15) is 4.79 Å². The molecular formula is C7H13NO2. The van der Waals surface area contributed by atoms with E-state index in [0.717, 1.165) is 12.8 Å². The van der Waals surface area contributed by atoms with Crippen molar-refractivity contribution in [3.63, 3.8) is 0 Å². The first-order valence-electron chi connectivity index (χ1n) is 3.61. The molecule has 1 N–H and O–H groups in total. The number of amides is 1. The highest BCUT2D eigenvalue weighted by atomic mass is 16.5. The van der Waals surface area contributed by atoms with Crippen LogP contribution < -0.4 is 5.32 Å². The molecule has 10 heavy (non-hydrogen) atoms. The number of carbonyl (C=O) groups is 1. The predicted molar refractivity (Wildman–Crippen MR) is 37.6 cm³/mol. The van der Waals surface area contributed by atoms with E-state index in [1.54, 1.807) is 7.05 Å². The third kappa shape index (κ3) is 1.48. The summed E-state index contributed by atoms with van der Waals surface area (Å²) in [7, 11) is 1.63. The van der Waals surface area contributed by atoms with Crippen molar-refractivity contribution in [1.82, 2.24) is 5.32 Å². The molecule has 3 heteroatoms. The van der Waals surface area contributed by atoms with Gasteiger partial charge in [0, 0.05) is 7.05 Å². The van der Waals surface area contributed by atoms with E-state index >= 15 is 0 Å². The molecule has 0 saturated carbocycles. The van der Waals surface area contributed by atoms with Crippen LogP contribution in [0.25, 0.3) is 0 Å². The zero-order valence-corrected chi connectivity index (χ0v) is 6.39. The van der Waals surface area contributed by atoms with Crippen molar-refractivity contribution < 1.29 is 9.53 Å². The van der Waals surface area contributed by atoms with Crippen molar-refractivity contribution in [2.75, 3.05) is 7.05 Å². The van der Waals surface area contributed by atoms with Gasteiger partial charge in [0.1, 0.15) is 6.10 Å². The highest BCUT2D eigenvalue weighted by molar-refractivity contribution is 5.80. The van der Waals surface area contributed by atoms with Crippen molar-refractivity contribution in [2.45, 2.75) is 32.0 Å². The molecule has 1 amide bonds. The SMILES string of the molecule is CNC(=O)C1CCC(C)O1. The van der Waals surface area contributed by atoms with Crippen molar-refractivity contribution in [3.05, 3.63) is 0 Å². The zero-order valence-electron chi connectivity index (χ0n) is 6.39. The Morgan fingerprint density at radius 1 is 1.60 bits per heavy atom. The van der Waals surface area contributed by atoms with E-state index in [2.05, 4.69) is 5.32 Å². The van der Waals surface area contributed by atoms with Crippen LogP contribution >= 0.6 is 0 Å². The van der Waals surface area contributed by atoms with Crippen LogP contribution in [0.3, 0.4) is 0 Å². The van der Waals surface area contributed by atoms with Gasteiger partial charge in [-0.1, -0.05) is 0 Å². The molecule has 0 aromatic rings. The number of ether oxygens (including phenoxy) is 1. The summed E-state index contributed by atoms with van der Waals surface area (Å²) >= 11 is 0. The van der Waals surface area contributed by atoms with Crippen LogP contribution in [0.1, 0.15) is 19.8 Å². The molecule has 0 aromatic heterocycles. The summed E-state index contributed by atoms with van der Waals surface area (Å²) < 4.78 is 5.30. The predicted octanol–water partition coefficient (Wildman–Crippen LogP) is 0.300. The second-order valence-corrected chi connectivity index (χ2v) is 2.63. The fraction of sp³-hybridized carbons (Fsp3) is 0.857. The molecule has 2 atom stereocenters. The molecule has 58 valence electrons. The fourth-order valence-corrected chi connectivity index (χ4v) is 1.16. The van der Waals surface area contributed by atoms with E-state index in [0.29, 0.717) is 0 Å². The Labute approximate surface area is 60.7 Å². The second kappa shape index (κ2) is 3.01. The van der Waals surface area contributed by atoms with Gasteiger partial charge in [-0.15, -0.1) is 0 Å². The molecule has 0 aliphatic carbocycles. The first kappa shape index (κ1) is 7.54. The Bertz CT molecular complexity index is 136. The van der Waals surface area contributed by atoms with Crippen molar-refractivity contribution in [2.24, 2.45) is 0 Å². The van der Waals surface area contributed by atoms with Crippen LogP contribution in [0.2, 0.25) is 0 Å². The number of nitrogens with one attached hydrogen (secondary N) is 1. The molecule has 0 bridgehead atoms. The molecule has 2 unspecified atom stereocenters. The van der Waals surface area contributed by atoms with Crippen LogP contribution in [0.5, 0.6) is 0 Å². The number of rotatable bonds is 1. The van der Waals surface area contributed by atoms with Crippen LogP contribution in [-0.2, 0) is 9.53 Å². The molecule has 1 aliphatic rings. The number of hydrogen-bond acceptors (Lipinski definition) is 2. The fourth-order valence-electron chi connectivity index (χ4n) is 1.16.